The predicted octanol–water partition coefficient (Wildman–Crippen LogP) is 4.42. The monoisotopic (exact) mass is 429 g/mol. The summed E-state index contributed by atoms with van der Waals surface area (Å²) < 4.78 is 5.45. The molecular weight excluding hydrogens is 406 g/mol. The number of fused-ring (bicyclic) bond motifs is 3. The number of carbonyl (C=O) groups is 3. The first-order valence-electron chi connectivity index (χ1n) is 10.4. The molecular formula is C26H23NO5. The Kier molecular flexibility index (Phi) is 6.03. The number of hydrogen-bond acceptors (Lipinski definition) is 4. The molecule has 0 aliphatic heterocycles. The number of hydrogen-bond donors (Lipinski definition) is 2. The van der Waals surface area contributed by atoms with Crippen molar-refractivity contribution < 1.29 is 24.2 Å². The Morgan fingerprint density at radius 2 is 1.47 bits per heavy atom. The number of nitrogens with one attached hydrogen (secondary N) is 1. The van der Waals surface area contributed by atoms with Gasteiger partial charge < -0.3 is 15.2 Å². The van der Waals surface area contributed by atoms with E-state index in [1.165, 1.54) is 6.92 Å². The van der Waals surface area contributed by atoms with Crippen LogP contribution < -0.4 is 5.32 Å². The van der Waals surface area contributed by atoms with Crippen LogP contribution in [0, 0.1) is 0 Å². The summed E-state index contributed by atoms with van der Waals surface area (Å²) in [6.45, 7) is 1.58. The van der Waals surface area contributed by atoms with Crippen molar-refractivity contribution in [3.05, 3.63) is 95.1 Å². The van der Waals surface area contributed by atoms with Gasteiger partial charge in [-0.2, -0.15) is 0 Å². The van der Waals surface area contributed by atoms with Crippen LogP contribution in [0.5, 0.6) is 0 Å². The zero-order valence-corrected chi connectivity index (χ0v) is 17.6. The zero-order chi connectivity index (χ0) is 22.7. The third-order valence-corrected chi connectivity index (χ3v) is 5.73. The largest absolute Gasteiger partial charge is 0.480 e. The summed E-state index contributed by atoms with van der Waals surface area (Å²) in [5, 5.41) is 12.0. The maximum atomic E-state index is 12.4. The molecule has 3 aromatic rings. The highest BCUT2D eigenvalue weighted by Crippen LogP contribution is 2.44. The Hall–Kier alpha value is -3.93. The Bertz CT molecular complexity index is 1120. The van der Waals surface area contributed by atoms with E-state index in [1.54, 1.807) is 24.3 Å². The molecule has 6 nitrogen and oxygen atoms in total. The van der Waals surface area contributed by atoms with Gasteiger partial charge in [-0.05, 0) is 34.7 Å². The molecule has 0 saturated heterocycles. The lowest BCUT2D eigenvalue weighted by molar-refractivity contribution is -0.139. The lowest BCUT2D eigenvalue weighted by Crippen LogP contribution is -2.42. The van der Waals surface area contributed by atoms with Gasteiger partial charge in [0, 0.05) is 17.9 Å². The van der Waals surface area contributed by atoms with Gasteiger partial charge in [0.25, 0.3) is 0 Å². The van der Waals surface area contributed by atoms with Crippen molar-refractivity contribution in [2.24, 2.45) is 0 Å². The van der Waals surface area contributed by atoms with Crippen LogP contribution in [0.4, 0.5) is 4.79 Å². The molecule has 6 heteroatoms. The topological polar surface area (TPSA) is 92.7 Å². The van der Waals surface area contributed by atoms with Gasteiger partial charge >= 0.3 is 12.1 Å². The molecule has 0 fully saturated rings. The highest BCUT2D eigenvalue weighted by atomic mass is 16.5. The van der Waals surface area contributed by atoms with Crippen LogP contribution in [0.2, 0.25) is 0 Å². The fourth-order valence-electron chi connectivity index (χ4n) is 4.09. The number of carboxylic acids is 1. The van der Waals surface area contributed by atoms with E-state index < -0.39 is 18.1 Å². The lowest BCUT2D eigenvalue weighted by Gasteiger charge is -2.17. The molecule has 2 N–H and O–H groups in total. The van der Waals surface area contributed by atoms with Gasteiger partial charge in [0.1, 0.15) is 12.6 Å². The zero-order valence-electron chi connectivity index (χ0n) is 17.6. The summed E-state index contributed by atoms with van der Waals surface area (Å²) in [6, 6.07) is 21.5. The van der Waals surface area contributed by atoms with E-state index in [-0.39, 0.29) is 24.7 Å². The van der Waals surface area contributed by atoms with Gasteiger partial charge in [-0.3, -0.25) is 4.79 Å². The van der Waals surface area contributed by atoms with Crippen LogP contribution in [0.15, 0.2) is 72.8 Å². The van der Waals surface area contributed by atoms with E-state index in [0.29, 0.717) is 11.1 Å². The number of amides is 1. The number of ether oxygens (including phenoxy) is 1. The van der Waals surface area contributed by atoms with E-state index in [1.807, 2.05) is 48.5 Å². The second kappa shape index (κ2) is 9.06. The molecule has 1 aliphatic rings. The Labute approximate surface area is 185 Å². The van der Waals surface area contributed by atoms with Gasteiger partial charge in [0.2, 0.25) is 0 Å². The normalized spacial score (nSPS) is 13.0. The third-order valence-electron chi connectivity index (χ3n) is 5.73. The maximum Gasteiger partial charge on any atom is 0.407 e. The number of alkyl carbamates (subject to hydrolysis) is 1. The molecule has 4 rings (SSSR count). The second-order valence-corrected chi connectivity index (χ2v) is 7.82. The molecule has 162 valence electrons. The number of ketones is 1. The second-order valence-electron chi connectivity index (χ2n) is 7.82. The van der Waals surface area contributed by atoms with Gasteiger partial charge in [-0.1, -0.05) is 72.8 Å². The maximum absolute atomic E-state index is 12.4. The van der Waals surface area contributed by atoms with Gasteiger partial charge in [0.15, 0.2) is 5.78 Å². The van der Waals surface area contributed by atoms with Crippen molar-refractivity contribution in [2.45, 2.75) is 25.3 Å². The molecule has 0 bridgehead atoms. The van der Waals surface area contributed by atoms with E-state index in [4.69, 9.17) is 4.74 Å². The first-order chi connectivity index (χ1) is 15.4. The SMILES string of the molecule is CC(=O)c1ccc(C[C@@H](NC(=O)OCC2c3ccccc3-c3ccccc32)C(=O)O)cc1. The molecule has 0 saturated carbocycles. The minimum atomic E-state index is -1.16. The van der Waals surface area contributed by atoms with Gasteiger partial charge in [-0.25, -0.2) is 9.59 Å². The Morgan fingerprint density at radius 3 is 2.00 bits per heavy atom. The van der Waals surface area contributed by atoms with E-state index >= 15 is 0 Å². The van der Waals surface area contributed by atoms with Crippen molar-refractivity contribution in [1.29, 1.82) is 0 Å². The fourth-order valence-corrected chi connectivity index (χ4v) is 4.09. The van der Waals surface area contributed by atoms with Crippen molar-refractivity contribution in [1.82, 2.24) is 5.32 Å². The highest BCUT2D eigenvalue weighted by Gasteiger charge is 2.29. The molecule has 0 spiro atoms. The molecule has 1 aliphatic carbocycles. The van der Waals surface area contributed by atoms with Crippen molar-refractivity contribution in [3.63, 3.8) is 0 Å². The summed E-state index contributed by atoms with van der Waals surface area (Å²) >= 11 is 0. The van der Waals surface area contributed by atoms with Crippen LogP contribution in [0.3, 0.4) is 0 Å². The smallest absolute Gasteiger partial charge is 0.407 e. The van der Waals surface area contributed by atoms with Crippen LogP contribution in [-0.4, -0.2) is 35.6 Å². The van der Waals surface area contributed by atoms with Crippen molar-refractivity contribution >= 4 is 17.8 Å². The molecule has 0 aromatic heterocycles. The predicted molar refractivity (Wildman–Crippen MR) is 120 cm³/mol. The third kappa shape index (κ3) is 4.39. The first-order valence-corrected chi connectivity index (χ1v) is 10.4. The number of aliphatic carboxylic acids is 1. The molecule has 1 amide bonds. The van der Waals surface area contributed by atoms with Crippen molar-refractivity contribution in [2.75, 3.05) is 6.61 Å². The van der Waals surface area contributed by atoms with Crippen LogP contribution in [0.25, 0.3) is 11.1 Å². The van der Waals surface area contributed by atoms with Crippen LogP contribution in [-0.2, 0) is 16.0 Å². The van der Waals surface area contributed by atoms with Gasteiger partial charge in [-0.15, -0.1) is 0 Å². The Balaban J connectivity index is 1.41. The number of Topliss-reactive ketones (excluding diaryl/α,β-unsaturated/α-hetero) is 1. The summed E-state index contributed by atoms with van der Waals surface area (Å²) in [4.78, 5) is 35.5. The average Bonchev–Trinajstić information content (AvgIpc) is 3.11. The number of rotatable bonds is 7. The number of benzene rings is 3. The standard InChI is InChI=1S/C26H23NO5/c1-16(28)18-12-10-17(11-13-18)14-24(25(29)30)27-26(31)32-15-23-21-8-4-2-6-19(21)20-7-3-5-9-22(20)23/h2-13,23-24H,14-15H2,1H3,(H,27,31)(H,29,30)/t24-/m1/s1. The van der Waals surface area contributed by atoms with Crippen molar-refractivity contribution in [3.8, 4) is 11.1 Å². The van der Waals surface area contributed by atoms with Crippen LogP contribution in [0.1, 0.15) is 39.9 Å². The van der Waals surface area contributed by atoms with Gasteiger partial charge in [0.05, 0.1) is 0 Å². The quantitative estimate of drug-likeness (QED) is 0.542. The molecule has 3 aromatic carbocycles. The minimum absolute atomic E-state index is 0.0666. The number of carbonyl (C=O) groups excluding carboxylic acids is 2. The van der Waals surface area contributed by atoms with E-state index in [2.05, 4.69) is 5.32 Å². The highest BCUT2D eigenvalue weighted by molar-refractivity contribution is 5.94. The van der Waals surface area contributed by atoms with E-state index in [9.17, 15) is 19.5 Å². The fraction of sp³-hybridized carbons (Fsp3) is 0.192. The average molecular weight is 429 g/mol. The van der Waals surface area contributed by atoms with E-state index in [0.717, 1.165) is 22.3 Å². The summed E-state index contributed by atoms with van der Waals surface area (Å²) in [5.74, 6) is -1.33. The first kappa shape index (κ1) is 21.3. The molecule has 0 radical (unpaired) electrons. The lowest BCUT2D eigenvalue weighted by atomic mass is 9.98. The Morgan fingerprint density at radius 1 is 0.906 bits per heavy atom. The molecule has 1 atom stereocenters. The minimum Gasteiger partial charge on any atom is -0.480 e. The summed E-state index contributed by atoms with van der Waals surface area (Å²) in [7, 11) is 0. The number of carboxylic acid groups (broad SMARTS) is 1. The molecule has 0 heterocycles. The summed E-state index contributed by atoms with van der Waals surface area (Å²) in [5.41, 5.74) is 5.65. The molecule has 0 unspecified atom stereocenters. The molecule has 32 heavy (non-hydrogen) atoms. The summed E-state index contributed by atoms with van der Waals surface area (Å²) in [6.07, 6.45) is -0.697. The van der Waals surface area contributed by atoms with Crippen LogP contribution >= 0.6 is 0 Å².